The average Bonchev–Trinajstić information content (AvgIpc) is 3.38. The van der Waals surface area contributed by atoms with Gasteiger partial charge in [-0.05, 0) is 75.6 Å². The molecule has 3 aromatic heterocycles. The molecule has 1 aliphatic heterocycles. The third-order valence-corrected chi connectivity index (χ3v) is 6.08. The molecular weight excluding hydrogens is 419 g/mol. The van der Waals surface area contributed by atoms with Gasteiger partial charge in [-0.2, -0.15) is 0 Å². The maximum atomic E-state index is 13.7. The lowest BCUT2D eigenvalue weighted by Crippen LogP contribution is -2.31. The highest BCUT2D eigenvalue weighted by atomic mass is 19.1. The zero-order valence-electron chi connectivity index (χ0n) is 18.8. The molecule has 4 heterocycles. The lowest BCUT2D eigenvalue weighted by molar-refractivity contribution is 0.0727. The molecule has 0 spiro atoms. The zero-order valence-corrected chi connectivity index (χ0v) is 18.8. The van der Waals surface area contributed by atoms with E-state index in [4.69, 9.17) is 4.98 Å². The average molecular weight is 445 g/mol. The van der Waals surface area contributed by atoms with Gasteiger partial charge in [-0.25, -0.2) is 19.3 Å². The smallest absolute Gasteiger partial charge is 0.271 e. The Labute approximate surface area is 191 Å². The van der Waals surface area contributed by atoms with Crippen LogP contribution in [0.3, 0.4) is 0 Å². The van der Waals surface area contributed by atoms with E-state index in [1.807, 2.05) is 49.9 Å². The van der Waals surface area contributed by atoms with E-state index in [-0.39, 0.29) is 17.8 Å². The van der Waals surface area contributed by atoms with Crippen molar-refractivity contribution in [2.24, 2.45) is 0 Å². The molecular formula is C25H25FN6O. The first-order valence-corrected chi connectivity index (χ1v) is 11.0. The van der Waals surface area contributed by atoms with Gasteiger partial charge in [0, 0.05) is 28.8 Å². The summed E-state index contributed by atoms with van der Waals surface area (Å²) in [5, 5.41) is 3.91. The number of carbonyl (C=O) groups is 1. The van der Waals surface area contributed by atoms with Gasteiger partial charge in [-0.1, -0.05) is 6.07 Å². The summed E-state index contributed by atoms with van der Waals surface area (Å²) >= 11 is 0. The number of hydrogen-bond donors (Lipinski definition) is 2. The van der Waals surface area contributed by atoms with Crippen LogP contribution in [-0.4, -0.2) is 37.3 Å². The summed E-state index contributed by atoms with van der Waals surface area (Å²) in [4.78, 5) is 32.1. The van der Waals surface area contributed by atoms with Crippen molar-refractivity contribution in [3.8, 4) is 0 Å². The van der Waals surface area contributed by atoms with Gasteiger partial charge in [-0.15, -0.1) is 0 Å². The van der Waals surface area contributed by atoms with Crippen molar-refractivity contribution >= 4 is 28.6 Å². The number of nitrogens with one attached hydrogen (secondary N) is 2. The molecule has 1 atom stereocenters. The van der Waals surface area contributed by atoms with Crippen molar-refractivity contribution in [3.05, 3.63) is 76.6 Å². The van der Waals surface area contributed by atoms with E-state index in [9.17, 15) is 9.18 Å². The normalized spacial score (nSPS) is 15.9. The van der Waals surface area contributed by atoms with Crippen LogP contribution in [0.5, 0.6) is 0 Å². The molecule has 7 nitrogen and oxygen atoms in total. The third kappa shape index (κ3) is 4.04. The second-order valence-corrected chi connectivity index (χ2v) is 8.52. The van der Waals surface area contributed by atoms with Crippen molar-refractivity contribution < 1.29 is 9.18 Å². The number of rotatable bonds is 4. The monoisotopic (exact) mass is 444 g/mol. The summed E-state index contributed by atoms with van der Waals surface area (Å²) in [5.41, 5.74) is 4.58. The van der Waals surface area contributed by atoms with Crippen LogP contribution in [-0.2, 0) is 0 Å². The minimum Gasteiger partial charge on any atom is -0.350 e. The predicted octanol–water partition coefficient (Wildman–Crippen LogP) is 5.14. The number of anilines is 2. The van der Waals surface area contributed by atoms with Crippen LogP contribution in [0.1, 0.15) is 52.0 Å². The number of fused-ring (bicyclic) bond motifs is 1. The number of aryl methyl sites for hydroxylation is 3. The highest BCUT2D eigenvalue weighted by Crippen LogP contribution is 2.34. The van der Waals surface area contributed by atoms with E-state index in [0.717, 1.165) is 46.4 Å². The lowest BCUT2D eigenvalue weighted by atomic mass is 10.1. The number of carbonyl (C=O) groups excluding carboxylic acids is 1. The Morgan fingerprint density at radius 1 is 1.09 bits per heavy atom. The first-order valence-electron chi connectivity index (χ1n) is 11.0. The Morgan fingerprint density at radius 2 is 1.88 bits per heavy atom. The molecule has 4 aromatic rings. The first kappa shape index (κ1) is 21.1. The minimum absolute atomic E-state index is 0.0931. The van der Waals surface area contributed by atoms with E-state index in [1.54, 1.807) is 6.07 Å². The van der Waals surface area contributed by atoms with Crippen molar-refractivity contribution in [2.75, 3.05) is 11.9 Å². The standard InChI is InChI=1S/C25H25FN6O/c1-14-12-15(2)28-25(27-14)31-22-8-4-6-20(29-22)21-7-5-11-32(21)24(33)23-16(3)18-13-17(26)9-10-19(18)30-23/h4,6,8-10,12-13,21,30H,5,7,11H2,1-3H3,(H,27,28,29,31)/t21-/m0/s1. The Bertz CT molecular complexity index is 1340. The fourth-order valence-electron chi connectivity index (χ4n) is 4.58. The van der Waals surface area contributed by atoms with E-state index >= 15 is 0 Å². The quantitative estimate of drug-likeness (QED) is 0.455. The van der Waals surface area contributed by atoms with Crippen LogP contribution >= 0.6 is 0 Å². The molecule has 1 fully saturated rings. The topological polar surface area (TPSA) is 86.8 Å². The largest absolute Gasteiger partial charge is 0.350 e. The van der Waals surface area contributed by atoms with Crippen LogP contribution in [0.4, 0.5) is 16.2 Å². The molecule has 0 bridgehead atoms. The van der Waals surface area contributed by atoms with E-state index in [1.165, 1.54) is 12.1 Å². The number of likely N-dealkylation sites (tertiary alicyclic amines) is 1. The highest BCUT2D eigenvalue weighted by Gasteiger charge is 2.33. The summed E-state index contributed by atoms with van der Waals surface area (Å²) < 4.78 is 13.7. The van der Waals surface area contributed by atoms with Gasteiger partial charge in [0.15, 0.2) is 0 Å². The Hall–Kier alpha value is -3.81. The second kappa shape index (κ2) is 8.27. The number of aromatic nitrogens is 4. The molecule has 1 amide bonds. The molecule has 2 N–H and O–H groups in total. The van der Waals surface area contributed by atoms with E-state index < -0.39 is 0 Å². The summed E-state index contributed by atoms with van der Waals surface area (Å²) in [7, 11) is 0. The SMILES string of the molecule is Cc1cc(C)nc(Nc2cccc([C@@H]3CCCN3C(=O)c3[nH]c4ccc(F)cc4c3C)n2)n1. The third-order valence-electron chi connectivity index (χ3n) is 6.08. The molecule has 33 heavy (non-hydrogen) atoms. The van der Waals surface area contributed by atoms with Crippen LogP contribution in [0.25, 0.3) is 10.9 Å². The van der Waals surface area contributed by atoms with Crippen molar-refractivity contribution in [1.29, 1.82) is 0 Å². The van der Waals surface area contributed by atoms with Crippen LogP contribution in [0, 0.1) is 26.6 Å². The van der Waals surface area contributed by atoms with Crippen LogP contribution in [0.2, 0.25) is 0 Å². The summed E-state index contributed by atoms with van der Waals surface area (Å²) in [6.45, 7) is 6.34. The Morgan fingerprint density at radius 3 is 2.67 bits per heavy atom. The molecule has 0 unspecified atom stereocenters. The summed E-state index contributed by atoms with van der Waals surface area (Å²) in [6, 6.07) is 12.0. The van der Waals surface area contributed by atoms with Gasteiger partial charge >= 0.3 is 0 Å². The molecule has 1 aliphatic rings. The van der Waals surface area contributed by atoms with Gasteiger partial charge in [-0.3, -0.25) is 4.79 Å². The first-order chi connectivity index (χ1) is 15.9. The number of nitrogens with zero attached hydrogens (tertiary/aromatic N) is 4. The van der Waals surface area contributed by atoms with Gasteiger partial charge in [0.1, 0.15) is 17.3 Å². The summed E-state index contributed by atoms with van der Waals surface area (Å²) in [6.07, 6.45) is 1.72. The fraction of sp³-hybridized carbons (Fsp3) is 0.280. The number of H-pyrrole nitrogens is 1. The highest BCUT2D eigenvalue weighted by molar-refractivity contribution is 6.01. The van der Waals surface area contributed by atoms with Crippen LogP contribution < -0.4 is 5.32 Å². The van der Waals surface area contributed by atoms with E-state index in [0.29, 0.717) is 24.0 Å². The molecule has 1 saturated heterocycles. The lowest BCUT2D eigenvalue weighted by Gasteiger charge is -2.24. The molecule has 0 aliphatic carbocycles. The van der Waals surface area contributed by atoms with Gasteiger partial charge in [0.05, 0.1) is 11.7 Å². The van der Waals surface area contributed by atoms with Gasteiger partial charge < -0.3 is 15.2 Å². The Kier molecular flexibility index (Phi) is 5.28. The molecule has 168 valence electrons. The minimum atomic E-state index is -0.316. The molecule has 0 radical (unpaired) electrons. The number of aromatic amines is 1. The fourth-order valence-corrected chi connectivity index (χ4v) is 4.58. The molecule has 5 rings (SSSR count). The number of halogens is 1. The van der Waals surface area contributed by atoms with Crippen molar-refractivity contribution in [3.63, 3.8) is 0 Å². The van der Waals surface area contributed by atoms with E-state index in [2.05, 4.69) is 20.3 Å². The number of hydrogen-bond acceptors (Lipinski definition) is 5. The maximum absolute atomic E-state index is 13.7. The second-order valence-electron chi connectivity index (χ2n) is 8.52. The number of pyridine rings is 1. The summed E-state index contributed by atoms with van der Waals surface area (Å²) in [5.74, 6) is 0.722. The van der Waals surface area contributed by atoms with Crippen molar-refractivity contribution in [2.45, 2.75) is 39.7 Å². The zero-order chi connectivity index (χ0) is 23.1. The maximum Gasteiger partial charge on any atom is 0.271 e. The molecule has 8 heteroatoms. The number of amides is 1. The predicted molar refractivity (Wildman–Crippen MR) is 125 cm³/mol. The van der Waals surface area contributed by atoms with Crippen molar-refractivity contribution in [1.82, 2.24) is 24.8 Å². The van der Waals surface area contributed by atoms with Crippen LogP contribution in [0.15, 0.2) is 42.5 Å². The molecule has 1 aromatic carbocycles. The Balaban J connectivity index is 1.42. The molecule has 0 saturated carbocycles. The van der Waals surface area contributed by atoms with Gasteiger partial charge in [0.2, 0.25) is 5.95 Å². The number of benzene rings is 1. The van der Waals surface area contributed by atoms with Gasteiger partial charge in [0.25, 0.3) is 5.91 Å².